The second-order valence-corrected chi connectivity index (χ2v) is 7.57. The van der Waals surface area contributed by atoms with Gasteiger partial charge in [-0.1, -0.05) is 12.1 Å². The van der Waals surface area contributed by atoms with E-state index in [1.165, 1.54) is 12.7 Å². The fourth-order valence-electron chi connectivity index (χ4n) is 2.31. The summed E-state index contributed by atoms with van der Waals surface area (Å²) in [5, 5.41) is 3.35. The fraction of sp³-hybridized carbons (Fsp3) is 0.571. The zero-order valence-corrected chi connectivity index (χ0v) is 12.2. The lowest BCUT2D eigenvalue weighted by Crippen LogP contribution is -2.48. The van der Waals surface area contributed by atoms with E-state index in [1.54, 1.807) is 12.1 Å². The Morgan fingerprint density at radius 2 is 1.89 bits per heavy atom. The number of rotatable bonds is 6. The maximum absolute atomic E-state index is 11.3. The zero-order valence-electron chi connectivity index (χ0n) is 11.4. The van der Waals surface area contributed by atoms with Gasteiger partial charge in [0.15, 0.2) is 9.84 Å². The summed E-state index contributed by atoms with van der Waals surface area (Å²) >= 11 is 0. The molecule has 0 aromatic heterocycles. The summed E-state index contributed by atoms with van der Waals surface area (Å²) in [5.41, 5.74) is 7.30. The van der Waals surface area contributed by atoms with Crippen LogP contribution in [0.2, 0.25) is 0 Å². The Morgan fingerprint density at radius 1 is 1.26 bits per heavy atom. The summed E-state index contributed by atoms with van der Waals surface area (Å²) in [4.78, 5) is 0.367. The highest BCUT2D eigenvalue weighted by Crippen LogP contribution is 2.31. The minimum Gasteiger partial charge on any atom is -0.325 e. The van der Waals surface area contributed by atoms with Crippen LogP contribution in [0.25, 0.3) is 0 Å². The Morgan fingerprint density at radius 3 is 2.37 bits per heavy atom. The van der Waals surface area contributed by atoms with Gasteiger partial charge in [-0.2, -0.15) is 0 Å². The molecule has 3 N–H and O–H groups in total. The highest BCUT2D eigenvalue weighted by molar-refractivity contribution is 7.90. The van der Waals surface area contributed by atoms with E-state index < -0.39 is 9.84 Å². The van der Waals surface area contributed by atoms with Crippen LogP contribution in [-0.2, 0) is 16.4 Å². The summed E-state index contributed by atoms with van der Waals surface area (Å²) < 4.78 is 22.6. The standard InChI is InChI=1S/C14H22N2O2S/c1-19(17,18)13-5-3-12(4-6-13)11-16-10-9-14(15)7-2-8-14/h3-6,16H,2,7-11,15H2,1H3. The van der Waals surface area contributed by atoms with Crippen molar-refractivity contribution in [1.82, 2.24) is 5.32 Å². The van der Waals surface area contributed by atoms with Crippen molar-refractivity contribution in [2.75, 3.05) is 12.8 Å². The molecule has 0 spiro atoms. The van der Waals surface area contributed by atoms with Crippen LogP contribution < -0.4 is 11.1 Å². The number of nitrogens with one attached hydrogen (secondary N) is 1. The molecule has 1 aliphatic carbocycles. The van der Waals surface area contributed by atoms with Gasteiger partial charge in [-0.15, -0.1) is 0 Å². The van der Waals surface area contributed by atoms with Gasteiger partial charge in [-0.25, -0.2) is 8.42 Å². The minimum absolute atomic E-state index is 0.0626. The maximum Gasteiger partial charge on any atom is 0.175 e. The summed E-state index contributed by atoms with van der Waals surface area (Å²) in [6, 6.07) is 7.02. The molecule has 0 bridgehead atoms. The molecule has 0 aliphatic heterocycles. The van der Waals surface area contributed by atoms with Gasteiger partial charge >= 0.3 is 0 Å². The number of nitrogens with two attached hydrogens (primary N) is 1. The molecule has 0 unspecified atom stereocenters. The number of hydrogen-bond acceptors (Lipinski definition) is 4. The van der Waals surface area contributed by atoms with Gasteiger partial charge in [-0.05, 0) is 49.9 Å². The van der Waals surface area contributed by atoms with Crippen LogP contribution in [0.5, 0.6) is 0 Å². The largest absolute Gasteiger partial charge is 0.325 e. The van der Waals surface area contributed by atoms with Crippen molar-refractivity contribution in [3.63, 3.8) is 0 Å². The average Bonchev–Trinajstić information content (AvgIpc) is 2.32. The molecule has 5 heteroatoms. The second kappa shape index (κ2) is 5.61. The molecule has 106 valence electrons. The van der Waals surface area contributed by atoms with Gasteiger partial charge in [0.25, 0.3) is 0 Å². The van der Waals surface area contributed by atoms with Crippen LogP contribution >= 0.6 is 0 Å². The van der Waals surface area contributed by atoms with Crippen molar-refractivity contribution in [1.29, 1.82) is 0 Å². The van der Waals surface area contributed by atoms with Crippen molar-refractivity contribution in [2.45, 2.75) is 42.7 Å². The Hall–Kier alpha value is -0.910. The van der Waals surface area contributed by atoms with Crippen molar-refractivity contribution in [2.24, 2.45) is 5.73 Å². The minimum atomic E-state index is -3.10. The van der Waals surface area contributed by atoms with E-state index >= 15 is 0 Å². The number of hydrogen-bond donors (Lipinski definition) is 2. The molecule has 2 rings (SSSR count). The first-order valence-electron chi connectivity index (χ1n) is 6.68. The molecular weight excluding hydrogens is 260 g/mol. The molecule has 1 aromatic carbocycles. The third-order valence-corrected chi connectivity index (χ3v) is 4.96. The molecule has 1 saturated carbocycles. The van der Waals surface area contributed by atoms with Crippen LogP contribution in [-0.4, -0.2) is 26.8 Å². The Kier molecular flexibility index (Phi) is 4.28. The van der Waals surface area contributed by atoms with Crippen molar-refractivity contribution >= 4 is 9.84 Å². The van der Waals surface area contributed by atoms with Crippen LogP contribution in [0.1, 0.15) is 31.2 Å². The first kappa shape index (κ1) is 14.5. The van der Waals surface area contributed by atoms with E-state index in [2.05, 4.69) is 5.32 Å². The summed E-state index contributed by atoms with van der Waals surface area (Å²) in [5.74, 6) is 0. The summed E-state index contributed by atoms with van der Waals surface area (Å²) in [6.07, 6.45) is 5.76. The average molecular weight is 282 g/mol. The summed E-state index contributed by atoms with van der Waals surface area (Å²) in [6.45, 7) is 1.66. The Labute approximate surface area is 115 Å². The smallest absolute Gasteiger partial charge is 0.175 e. The number of benzene rings is 1. The van der Waals surface area contributed by atoms with Crippen molar-refractivity contribution in [3.8, 4) is 0 Å². The van der Waals surface area contributed by atoms with E-state index in [0.29, 0.717) is 4.90 Å². The van der Waals surface area contributed by atoms with Gasteiger partial charge in [0.05, 0.1) is 4.90 Å². The lowest BCUT2D eigenvalue weighted by atomic mass is 9.75. The molecule has 4 nitrogen and oxygen atoms in total. The second-order valence-electron chi connectivity index (χ2n) is 5.56. The van der Waals surface area contributed by atoms with Crippen LogP contribution in [0, 0.1) is 0 Å². The van der Waals surface area contributed by atoms with Crippen LogP contribution in [0.15, 0.2) is 29.2 Å². The third-order valence-electron chi connectivity index (χ3n) is 3.83. The monoisotopic (exact) mass is 282 g/mol. The Balaban J connectivity index is 1.77. The van der Waals surface area contributed by atoms with E-state index in [1.807, 2.05) is 12.1 Å². The lowest BCUT2D eigenvalue weighted by Gasteiger charge is -2.38. The van der Waals surface area contributed by atoms with Crippen molar-refractivity contribution in [3.05, 3.63) is 29.8 Å². The third kappa shape index (κ3) is 4.03. The molecule has 0 atom stereocenters. The quantitative estimate of drug-likeness (QED) is 0.775. The molecule has 0 saturated heterocycles. The molecule has 0 amide bonds. The highest BCUT2D eigenvalue weighted by atomic mass is 32.2. The van der Waals surface area contributed by atoms with E-state index in [-0.39, 0.29) is 5.54 Å². The normalized spacial score (nSPS) is 18.0. The topological polar surface area (TPSA) is 72.2 Å². The van der Waals surface area contributed by atoms with E-state index in [0.717, 1.165) is 37.9 Å². The van der Waals surface area contributed by atoms with Gasteiger partial charge in [0.2, 0.25) is 0 Å². The summed E-state index contributed by atoms with van der Waals surface area (Å²) in [7, 11) is -3.10. The number of sulfone groups is 1. The predicted molar refractivity (Wildman–Crippen MR) is 76.6 cm³/mol. The molecule has 19 heavy (non-hydrogen) atoms. The molecule has 1 aromatic rings. The first-order chi connectivity index (χ1) is 8.89. The van der Waals surface area contributed by atoms with E-state index in [4.69, 9.17) is 5.73 Å². The zero-order chi connectivity index (χ0) is 13.9. The van der Waals surface area contributed by atoms with Gasteiger partial charge in [0.1, 0.15) is 0 Å². The fourth-order valence-corrected chi connectivity index (χ4v) is 2.94. The van der Waals surface area contributed by atoms with Gasteiger partial charge in [0, 0.05) is 18.3 Å². The van der Waals surface area contributed by atoms with E-state index in [9.17, 15) is 8.42 Å². The van der Waals surface area contributed by atoms with Crippen LogP contribution in [0.4, 0.5) is 0 Å². The highest BCUT2D eigenvalue weighted by Gasteiger charge is 2.31. The molecule has 1 aliphatic rings. The van der Waals surface area contributed by atoms with Crippen molar-refractivity contribution < 1.29 is 8.42 Å². The first-order valence-corrected chi connectivity index (χ1v) is 8.57. The predicted octanol–water partition coefficient (Wildman–Crippen LogP) is 1.45. The molecule has 0 radical (unpaired) electrons. The molecule has 0 heterocycles. The maximum atomic E-state index is 11.3. The van der Waals surface area contributed by atoms with Gasteiger partial charge in [-0.3, -0.25) is 0 Å². The lowest BCUT2D eigenvalue weighted by molar-refractivity contribution is 0.229. The molecular formula is C14H22N2O2S. The SMILES string of the molecule is CS(=O)(=O)c1ccc(CNCCC2(N)CCC2)cc1. The van der Waals surface area contributed by atoms with Gasteiger partial charge < -0.3 is 11.1 Å². The molecule has 1 fully saturated rings. The van der Waals surface area contributed by atoms with Crippen LogP contribution in [0.3, 0.4) is 0 Å². The Bertz CT molecular complexity index is 519.